The van der Waals surface area contributed by atoms with Crippen LogP contribution in [0, 0.1) is 12.8 Å². The molecule has 1 heterocycles. The van der Waals surface area contributed by atoms with Gasteiger partial charge in [0.2, 0.25) is 0 Å². The molecular formula is C13H20O2S. The second-order valence-electron chi connectivity index (χ2n) is 4.66. The summed E-state index contributed by atoms with van der Waals surface area (Å²) in [6.45, 7) is 4.93. The van der Waals surface area contributed by atoms with E-state index in [9.17, 15) is 5.11 Å². The zero-order valence-electron chi connectivity index (χ0n) is 9.98. The smallest absolute Gasteiger partial charge is 0.0800 e. The summed E-state index contributed by atoms with van der Waals surface area (Å²) in [5.41, 5.74) is 1.09. The first-order chi connectivity index (χ1) is 7.69. The Balaban J connectivity index is 1.75. The summed E-state index contributed by atoms with van der Waals surface area (Å²) in [5, 5.41) is 12.1. The fourth-order valence-corrected chi connectivity index (χ4v) is 3.08. The molecule has 1 atom stereocenters. The molecule has 90 valence electrons. The van der Waals surface area contributed by atoms with Gasteiger partial charge in [-0.15, -0.1) is 11.3 Å². The maximum atomic E-state index is 10.1. The molecule has 0 spiro atoms. The number of thiophene rings is 1. The molecule has 1 aromatic rings. The molecule has 0 amide bonds. The van der Waals surface area contributed by atoms with E-state index < -0.39 is 0 Å². The minimum absolute atomic E-state index is 0.280. The Morgan fingerprint density at radius 2 is 2.31 bits per heavy atom. The predicted molar refractivity (Wildman–Crippen MR) is 66.8 cm³/mol. The van der Waals surface area contributed by atoms with Crippen molar-refractivity contribution in [1.29, 1.82) is 0 Å². The maximum absolute atomic E-state index is 10.1. The van der Waals surface area contributed by atoms with Gasteiger partial charge in [-0.25, -0.2) is 0 Å². The Bertz CT molecular complexity index is 328. The van der Waals surface area contributed by atoms with Crippen LogP contribution in [0.25, 0.3) is 0 Å². The number of ether oxygens (including phenoxy) is 1. The molecule has 2 nitrogen and oxygen atoms in total. The third kappa shape index (κ3) is 2.84. The van der Waals surface area contributed by atoms with E-state index in [0.717, 1.165) is 31.4 Å². The van der Waals surface area contributed by atoms with Gasteiger partial charge in [0.1, 0.15) is 0 Å². The van der Waals surface area contributed by atoms with Crippen molar-refractivity contribution in [2.45, 2.75) is 45.3 Å². The average molecular weight is 240 g/mol. The molecule has 1 aromatic heterocycles. The molecule has 16 heavy (non-hydrogen) atoms. The molecule has 1 saturated carbocycles. The molecule has 0 aromatic carbocycles. The van der Waals surface area contributed by atoms with Gasteiger partial charge in [-0.3, -0.25) is 0 Å². The van der Waals surface area contributed by atoms with Crippen molar-refractivity contribution in [3.63, 3.8) is 0 Å². The SMILES string of the molecule is CCOC1CC(CC(O)c2csc(C)c2)C1. The van der Waals surface area contributed by atoms with Gasteiger partial charge < -0.3 is 9.84 Å². The summed E-state index contributed by atoms with van der Waals surface area (Å²) < 4.78 is 5.52. The maximum Gasteiger partial charge on any atom is 0.0800 e. The van der Waals surface area contributed by atoms with E-state index in [-0.39, 0.29) is 6.10 Å². The summed E-state index contributed by atoms with van der Waals surface area (Å²) in [5.74, 6) is 0.645. The van der Waals surface area contributed by atoms with E-state index >= 15 is 0 Å². The number of hydrogen-bond acceptors (Lipinski definition) is 3. The highest BCUT2D eigenvalue weighted by atomic mass is 32.1. The number of aliphatic hydroxyl groups excluding tert-OH is 1. The van der Waals surface area contributed by atoms with Crippen LogP contribution in [0.4, 0.5) is 0 Å². The van der Waals surface area contributed by atoms with Crippen LogP contribution in [0.2, 0.25) is 0 Å². The van der Waals surface area contributed by atoms with Crippen molar-refractivity contribution < 1.29 is 9.84 Å². The van der Waals surface area contributed by atoms with Crippen LogP contribution in [-0.2, 0) is 4.74 Å². The van der Waals surface area contributed by atoms with Gasteiger partial charge in [0.05, 0.1) is 12.2 Å². The summed E-state index contributed by atoms with van der Waals surface area (Å²) in [6.07, 6.45) is 3.30. The Morgan fingerprint density at radius 1 is 1.56 bits per heavy atom. The number of hydrogen-bond donors (Lipinski definition) is 1. The second kappa shape index (κ2) is 5.30. The molecule has 1 unspecified atom stereocenters. The van der Waals surface area contributed by atoms with E-state index in [0.29, 0.717) is 12.0 Å². The highest BCUT2D eigenvalue weighted by Crippen LogP contribution is 2.37. The quantitative estimate of drug-likeness (QED) is 0.855. The summed E-state index contributed by atoms with van der Waals surface area (Å²) in [7, 11) is 0. The van der Waals surface area contributed by atoms with Crippen molar-refractivity contribution in [1.82, 2.24) is 0 Å². The lowest BCUT2D eigenvalue weighted by molar-refractivity contribution is -0.0379. The van der Waals surface area contributed by atoms with Gasteiger partial charge in [-0.05, 0) is 56.0 Å². The van der Waals surface area contributed by atoms with Crippen LogP contribution in [0.5, 0.6) is 0 Å². The molecule has 0 saturated heterocycles. The molecule has 3 heteroatoms. The Labute approximate surface area is 101 Å². The van der Waals surface area contributed by atoms with Gasteiger partial charge in [-0.2, -0.15) is 0 Å². The normalized spacial score (nSPS) is 26.4. The minimum atomic E-state index is -0.280. The summed E-state index contributed by atoms with van der Waals surface area (Å²) in [6, 6.07) is 2.09. The van der Waals surface area contributed by atoms with Crippen molar-refractivity contribution in [3.05, 3.63) is 21.9 Å². The van der Waals surface area contributed by atoms with Crippen molar-refractivity contribution in [2.24, 2.45) is 5.92 Å². The first kappa shape index (κ1) is 12.1. The second-order valence-corrected chi connectivity index (χ2v) is 5.77. The van der Waals surface area contributed by atoms with E-state index in [4.69, 9.17) is 4.74 Å². The van der Waals surface area contributed by atoms with Crippen LogP contribution in [0.15, 0.2) is 11.4 Å². The van der Waals surface area contributed by atoms with Crippen LogP contribution < -0.4 is 0 Å². The number of aliphatic hydroxyl groups is 1. The Hall–Kier alpha value is -0.380. The van der Waals surface area contributed by atoms with Gasteiger partial charge in [0.25, 0.3) is 0 Å². The highest BCUT2D eigenvalue weighted by Gasteiger charge is 2.31. The molecule has 1 aliphatic carbocycles. The van der Waals surface area contributed by atoms with Crippen molar-refractivity contribution in [2.75, 3.05) is 6.61 Å². The van der Waals surface area contributed by atoms with Gasteiger partial charge in [-0.1, -0.05) is 0 Å². The van der Waals surface area contributed by atoms with E-state index in [1.54, 1.807) is 11.3 Å². The lowest BCUT2D eigenvalue weighted by Crippen LogP contribution is -2.32. The topological polar surface area (TPSA) is 29.5 Å². The molecule has 1 aliphatic rings. The van der Waals surface area contributed by atoms with E-state index in [2.05, 4.69) is 18.4 Å². The highest BCUT2D eigenvalue weighted by molar-refractivity contribution is 7.10. The predicted octanol–water partition coefficient (Wildman–Crippen LogP) is 3.30. The van der Waals surface area contributed by atoms with Crippen LogP contribution in [0.3, 0.4) is 0 Å². The summed E-state index contributed by atoms with van der Waals surface area (Å²) in [4.78, 5) is 1.27. The number of aryl methyl sites for hydroxylation is 1. The molecule has 0 radical (unpaired) electrons. The third-order valence-electron chi connectivity index (χ3n) is 3.29. The first-order valence-electron chi connectivity index (χ1n) is 6.03. The first-order valence-corrected chi connectivity index (χ1v) is 6.91. The third-order valence-corrected chi connectivity index (χ3v) is 4.17. The molecule has 2 rings (SSSR count). The van der Waals surface area contributed by atoms with Gasteiger partial charge >= 0.3 is 0 Å². The van der Waals surface area contributed by atoms with Crippen LogP contribution in [-0.4, -0.2) is 17.8 Å². The van der Waals surface area contributed by atoms with E-state index in [1.165, 1.54) is 4.88 Å². The Kier molecular flexibility index (Phi) is 4.00. The average Bonchev–Trinajstić information content (AvgIpc) is 2.61. The molecule has 1 N–H and O–H groups in total. The van der Waals surface area contributed by atoms with Crippen molar-refractivity contribution >= 4 is 11.3 Å². The standard InChI is InChI=1S/C13H20O2S/c1-3-15-12-5-10(6-12)7-13(14)11-4-9(2)16-8-11/h4,8,10,12-14H,3,5-7H2,1-2H3. The fourth-order valence-electron chi connectivity index (χ4n) is 2.33. The minimum Gasteiger partial charge on any atom is -0.388 e. The zero-order valence-corrected chi connectivity index (χ0v) is 10.8. The summed E-state index contributed by atoms with van der Waals surface area (Å²) >= 11 is 1.71. The van der Waals surface area contributed by atoms with Crippen molar-refractivity contribution in [3.8, 4) is 0 Å². The monoisotopic (exact) mass is 240 g/mol. The van der Waals surface area contributed by atoms with Gasteiger partial charge in [0.15, 0.2) is 0 Å². The zero-order chi connectivity index (χ0) is 11.5. The molecule has 1 fully saturated rings. The lowest BCUT2D eigenvalue weighted by Gasteiger charge is -2.36. The largest absolute Gasteiger partial charge is 0.388 e. The molecular weight excluding hydrogens is 220 g/mol. The Morgan fingerprint density at radius 3 is 2.88 bits per heavy atom. The number of rotatable bonds is 5. The van der Waals surface area contributed by atoms with Gasteiger partial charge in [0, 0.05) is 11.5 Å². The van der Waals surface area contributed by atoms with E-state index in [1.807, 2.05) is 6.92 Å². The molecule has 0 bridgehead atoms. The van der Waals surface area contributed by atoms with Crippen LogP contribution in [0.1, 0.15) is 42.7 Å². The lowest BCUT2D eigenvalue weighted by atomic mass is 9.78. The fraction of sp³-hybridized carbons (Fsp3) is 0.692. The van der Waals surface area contributed by atoms with Crippen LogP contribution >= 0.6 is 11.3 Å². The molecule has 0 aliphatic heterocycles.